The Labute approximate surface area is 103 Å². The standard InChI is InChI=1S/C14H20N2O/c15-12-2-4-13(5-3-12)17-9-8-16-10-14(11-16)6-1-7-14/h2-5H,1,6-11,15H2. The van der Waals surface area contributed by atoms with Gasteiger partial charge in [0, 0.05) is 25.3 Å². The molecule has 0 aromatic heterocycles. The van der Waals surface area contributed by atoms with Crippen molar-refractivity contribution in [3.8, 4) is 5.75 Å². The Morgan fingerprint density at radius 1 is 1.18 bits per heavy atom. The summed E-state index contributed by atoms with van der Waals surface area (Å²) in [5, 5.41) is 0. The molecule has 3 nitrogen and oxygen atoms in total. The maximum absolute atomic E-state index is 5.69. The minimum Gasteiger partial charge on any atom is -0.492 e. The molecule has 3 heteroatoms. The minimum atomic E-state index is 0.723. The number of likely N-dealkylation sites (tertiary alicyclic amines) is 1. The van der Waals surface area contributed by atoms with E-state index in [1.807, 2.05) is 24.3 Å². The first-order valence-corrected chi connectivity index (χ1v) is 6.47. The topological polar surface area (TPSA) is 38.5 Å². The molecule has 1 heterocycles. The molecule has 1 aromatic carbocycles. The molecule has 1 saturated heterocycles. The van der Waals surface area contributed by atoms with Crippen LogP contribution in [0.15, 0.2) is 24.3 Å². The second-order valence-electron chi connectivity index (χ2n) is 5.48. The van der Waals surface area contributed by atoms with Crippen molar-refractivity contribution in [3.05, 3.63) is 24.3 Å². The highest BCUT2D eigenvalue weighted by atomic mass is 16.5. The molecule has 3 rings (SSSR count). The van der Waals surface area contributed by atoms with Gasteiger partial charge in [-0.1, -0.05) is 6.42 Å². The minimum absolute atomic E-state index is 0.723. The molecule has 2 N–H and O–H groups in total. The van der Waals surface area contributed by atoms with Crippen molar-refractivity contribution >= 4 is 5.69 Å². The Morgan fingerprint density at radius 3 is 2.47 bits per heavy atom. The second-order valence-corrected chi connectivity index (χ2v) is 5.48. The fraction of sp³-hybridized carbons (Fsp3) is 0.571. The summed E-state index contributed by atoms with van der Waals surface area (Å²) >= 11 is 0. The van der Waals surface area contributed by atoms with Crippen molar-refractivity contribution in [2.24, 2.45) is 5.41 Å². The van der Waals surface area contributed by atoms with Crippen LogP contribution in [0, 0.1) is 5.41 Å². The van der Waals surface area contributed by atoms with E-state index in [1.165, 1.54) is 32.4 Å². The van der Waals surface area contributed by atoms with Gasteiger partial charge in [0.2, 0.25) is 0 Å². The molecule has 92 valence electrons. The quantitative estimate of drug-likeness (QED) is 0.808. The van der Waals surface area contributed by atoms with Crippen LogP contribution in [-0.4, -0.2) is 31.1 Å². The molecule has 2 fully saturated rings. The predicted molar refractivity (Wildman–Crippen MR) is 69.1 cm³/mol. The van der Waals surface area contributed by atoms with Crippen LogP contribution in [0.3, 0.4) is 0 Å². The fourth-order valence-electron chi connectivity index (χ4n) is 2.91. The number of nitrogens with two attached hydrogens (primary N) is 1. The molecule has 0 atom stereocenters. The van der Waals surface area contributed by atoms with Crippen molar-refractivity contribution in [2.45, 2.75) is 19.3 Å². The summed E-state index contributed by atoms with van der Waals surface area (Å²) in [7, 11) is 0. The third kappa shape index (κ3) is 2.25. The van der Waals surface area contributed by atoms with Crippen molar-refractivity contribution in [3.63, 3.8) is 0 Å². The highest BCUT2D eigenvalue weighted by Gasteiger charge is 2.46. The Bertz CT molecular complexity index is 376. The summed E-state index contributed by atoms with van der Waals surface area (Å²) in [5.41, 5.74) is 7.13. The number of nitrogens with zero attached hydrogens (tertiary/aromatic N) is 1. The molecule has 1 spiro atoms. The lowest BCUT2D eigenvalue weighted by molar-refractivity contribution is -0.0636. The smallest absolute Gasteiger partial charge is 0.119 e. The zero-order chi connectivity index (χ0) is 11.7. The molecule has 0 radical (unpaired) electrons. The van der Waals surface area contributed by atoms with Crippen LogP contribution in [0.5, 0.6) is 5.75 Å². The molecule has 1 saturated carbocycles. The van der Waals surface area contributed by atoms with Crippen LogP contribution in [0.4, 0.5) is 5.69 Å². The molecule has 2 aliphatic rings. The van der Waals surface area contributed by atoms with Crippen LogP contribution in [0.2, 0.25) is 0 Å². The van der Waals surface area contributed by atoms with Crippen molar-refractivity contribution in [1.29, 1.82) is 0 Å². The second kappa shape index (κ2) is 4.22. The van der Waals surface area contributed by atoms with Gasteiger partial charge < -0.3 is 10.5 Å². The van der Waals surface area contributed by atoms with Crippen LogP contribution >= 0.6 is 0 Å². The van der Waals surface area contributed by atoms with Crippen LogP contribution in [-0.2, 0) is 0 Å². The molecule has 1 aromatic rings. The summed E-state index contributed by atoms with van der Waals surface area (Å²) in [6, 6.07) is 7.61. The first-order valence-electron chi connectivity index (χ1n) is 6.47. The van der Waals surface area contributed by atoms with E-state index >= 15 is 0 Å². The van der Waals surface area contributed by atoms with Crippen LogP contribution in [0.1, 0.15) is 19.3 Å². The van der Waals surface area contributed by atoms with E-state index in [1.54, 1.807) is 0 Å². The van der Waals surface area contributed by atoms with Gasteiger partial charge in [-0.2, -0.15) is 0 Å². The number of ether oxygens (including phenoxy) is 1. The maximum atomic E-state index is 5.69. The fourth-order valence-corrected chi connectivity index (χ4v) is 2.91. The van der Waals surface area contributed by atoms with Gasteiger partial charge in [-0.3, -0.25) is 4.90 Å². The number of hydrogen-bond donors (Lipinski definition) is 1. The average molecular weight is 232 g/mol. The summed E-state index contributed by atoms with van der Waals surface area (Å²) in [5.74, 6) is 0.915. The number of nitrogen functional groups attached to an aromatic ring is 1. The van der Waals surface area contributed by atoms with Crippen molar-refractivity contribution in [2.75, 3.05) is 32.0 Å². The van der Waals surface area contributed by atoms with Gasteiger partial charge in [0.25, 0.3) is 0 Å². The van der Waals surface area contributed by atoms with E-state index in [9.17, 15) is 0 Å². The summed E-state index contributed by atoms with van der Waals surface area (Å²) < 4.78 is 5.69. The Balaban J connectivity index is 1.37. The number of hydrogen-bond acceptors (Lipinski definition) is 3. The Morgan fingerprint density at radius 2 is 1.88 bits per heavy atom. The maximum Gasteiger partial charge on any atom is 0.119 e. The lowest BCUT2D eigenvalue weighted by atomic mass is 9.63. The first-order chi connectivity index (χ1) is 8.26. The molecule has 1 aliphatic carbocycles. The third-order valence-electron chi connectivity index (χ3n) is 4.09. The van der Waals surface area contributed by atoms with Gasteiger partial charge in [0.15, 0.2) is 0 Å². The molecular formula is C14H20N2O. The van der Waals surface area contributed by atoms with E-state index in [0.29, 0.717) is 0 Å². The molecule has 0 amide bonds. The summed E-state index contributed by atoms with van der Waals surface area (Å²) in [6.07, 6.45) is 4.33. The average Bonchev–Trinajstić information content (AvgIpc) is 2.21. The van der Waals surface area contributed by atoms with E-state index in [-0.39, 0.29) is 0 Å². The van der Waals surface area contributed by atoms with Crippen molar-refractivity contribution in [1.82, 2.24) is 4.90 Å². The van der Waals surface area contributed by atoms with Crippen LogP contribution in [0.25, 0.3) is 0 Å². The SMILES string of the molecule is Nc1ccc(OCCN2CC3(CCC3)C2)cc1. The lowest BCUT2D eigenvalue weighted by Crippen LogP contribution is -2.60. The van der Waals surface area contributed by atoms with E-state index in [4.69, 9.17) is 10.5 Å². The molecule has 0 bridgehead atoms. The highest BCUT2D eigenvalue weighted by molar-refractivity contribution is 5.41. The third-order valence-corrected chi connectivity index (χ3v) is 4.09. The van der Waals surface area contributed by atoms with E-state index in [0.717, 1.165) is 30.0 Å². The zero-order valence-electron chi connectivity index (χ0n) is 10.2. The van der Waals surface area contributed by atoms with Gasteiger partial charge in [-0.15, -0.1) is 0 Å². The number of benzene rings is 1. The predicted octanol–water partition coefficient (Wildman–Crippen LogP) is 2.13. The normalized spacial score (nSPS) is 21.9. The van der Waals surface area contributed by atoms with Crippen molar-refractivity contribution < 1.29 is 4.74 Å². The molecular weight excluding hydrogens is 212 g/mol. The van der Waals surface area contributed by atoms with Gasteiger partial charge in [0.1, 0.15) is 12.4 Å². The van der Waals surface area contributed by atoms with E-state index < -0.39 is 0 Å². The van der Waals surface area contributed by atoms with E-state index in [2.05, 4.69) is 4.90 Å². The largest absolute Gasteiger partial charge is 0.492 e. The van der Waals surface area contributed by atoms with Gasteiger partial charge >= 0.3 is 0 Å². The molecule has 1 aliphatic heterocycles. The van der Waals surface area contributed by atoms with Crippen LogP contribution < -0.4 is 10.5 Å². The van der Waals surface area contributed by atoms with Gasteiger partial charge in [-0.25, -0.2) is 0 Å². The first kappa shape index (κ1) is 10.9. The number of anilines is 1. The van der Waals surface area contributed by atoms with Gasteiger partial charge in [-0.05, 0) is 42.5 Å². The number of rotatable bonds is 4. The Hall–Kier alpha value is -1.22. The zero-order valence-corrected chi connectivity index (χ0v) is 10.2. The molecule has 0 unspecified atom stereocenters. The summed E-state index contributed by atoms with van der Waals surface area (Å²) in [6.45, 7) is 4.41. The van der Waals surface area contributed by atoms with Gasteiger partial charge in [0.05, 0.1) is 0 Å². The lowest BCUT2D eigenvalue weighted by Gasteiger charge is -2.56. The highest BCUT2D eigenvalue weighted by Crippen LogP contribution is 2.47. The monoisotopic (exact) mass is 232 g/mol. The Kier molecular flexibility index (Phi) is 2.71. The molecule has 17 heavy (non-hydrogen) atoms. The summed E-state index contributed by atoms with van der Waals surface area (Å²) in [4.78, 5) is 2.50.